The Bertz CT molecular complexity index is 2570. The molecule has 0 saturated carbocycles. The van der Waals surface area contributed by atoms with Crippen LogP contribution in [0.4, 0.5) is 9.59 Å². The first-order chi connectivity index (χ1) is 31.4. The van der Waals surface area contributed by atoms with Gasteiger partial charge in [0.1, 0.15) is 36.1 Å². The zero-order valence-electron chi connectivity index (χ0n) is 38.7. The van der Waals surface area contributed by atoms with Crippen molar-refractivity contribution >= 4 is 45.8 Å². The van der Waals surface area contributed by atoms with Crippen LogP contribution in [-0.2, 0) is 30.4 Å². The van der Waals surface area contributed by atoms with E-state index in [2.05, 4.69) is 63.9 Å². The molecule has 4 amide bonds. The number of methoxy groups -OCH3 is 3. The first-order valence-electron chi connectivity index (χ1n) is 23.0. The molecule has 3 aliphatic heterocycles. The van der Waals surface area contributed by atoms with Crippen LogP contribution in [-0.4, -0.2) is 106 Å². The van der Waals surface area contributed by atoms with Gasteiger partial charge in [0, 0.05) is 36.6 Å². The normalized spacial score (nSPS) is 21.0. The van der Waals surface area contributed by atoms with E-state index >= 15 is 0 Å². The number of H-pyrrole nitrogens is 2. The van der Waals surface area contributed by atoms with Crippen molar-refractivity contribution in [2.45, 2.75) is 110 Å². The number of rotatable bonds is 14. The molecular weight excluding hydrogens is 829 g/mol. The smallest absolute Gasteiger partial charge is 0.407 e. The number of aromatic nitrogens is 4. The topological polar surface area (TPSA) is 193 Å². The van der Waals surface area contributed by atoms with Gasteiger partial charge >= 0.3 is 12.2 Å². The monoisotopic (exact) mass is 890 g/mol. The molecule has 8 rings (SSSR count). The van der Waals surface area contributed by atoms with E-state index < -0.39 is 24.3 Å². The van der Waals surface area contributed by atoms with Crippen molar-refractivity contribution in [2.75, 3.05) is 34.5 Å². The zero-order chi connectivity index (χ0) is 46.1. The molecule has 16 heteroatoms. The third-order valence-electron chi connectivity index (χ3n) is 14.1. The van der Waals surface area contributed by atoms with Gasteiger partial charge in [0.25, 0.3) is 0 Å². The number of hydrogen-bond donors (Lipinski definition) is 4. The van der Waals surface area contributed by atoms with Crippen molar-refractivity contribution in [3.05, 3.63) is 65.9 Å². The summed E-state index contributed by atoms with van der Waals surface area (Å²) in [4.78, 5) is 73.9. The number of aromatic amines is 2. The van der Waals surface area contributed by atoms with Gasteiger partial charge < -0.3 is 49.3 Å². The average Bonchev–Trinajstić information content (AvgIpc) is 4.16. The number of ether oxygens (including phenoxy) is 4. The minimum atomic E-state index is -0.749. The molecule has 0 unspecified atom stereocenters. The van der Waals surface area contributed by atoms with E-state index in [0.717, 1.165) is 87.0 Å². The van der Waals surface area contributed by atoms with Gasteiger partial charge in [-0.05, 0) is 83.9 Å². The number of nitrogens with zero attached hydrogens (tertiary/aromatic N) is 4. The number of alkyl carbamates (subject to hydrolysis) is 2. The van der Waals surface area contributed by atoms with Crippen molar-refractivity contribution in [1.29, 1.82) is 0 Å². The maximum absolute atomic E-state index is 14.2. The van der Waals surface area contributed by atoms with E-state index in [4.69, 9.17) is 28.9 Å². The number of carbonyl (C=O) groups excluding carboxylic acids is 4. The van der Waals surface area contributed by atoms with E-state index in [9.17, 15) is 19.2 Å². The fraction of sp³-hybridized carbons (Fsp3) is 0.510. The van der Waals surface area contributed by atoms with Crippen molar-refractivity contribution in [2.24, 2.45) is 17.8 Å². The number of amides is 4. The summed E-state index contributed by atoms with van der Waals surface area (Å²) in [6.45, 7) is 11.4. The van der Waals surface area contributed by atoms with Crippen LogP contribution in [0.15, 0.2) is 48.7 Å². The highest BCUT2D eigenvalue weighted by molar-refractivity contribution is 6.07. The molecule has 2 aromatic heterocycles. The molecule has 3 aromatic carbocycles. The molecular formula is C49H62N8O8. The largest absolute Gasteiger partial charge is 0.488 e. The first-order valence-corrected chi connectivity index (χ1v) is 23.0. The van der Waals surface area contributed by atoms with E-state index in [1.165, 1.54) is 14.2 Å². The highest BCUT2D eigenvalue weighted by Crippen LogP contribution is 2.44. The summed E-state index contributed by atoms with van der Waals surface area (Å²) < 4.78 is 21.8. The summed E-state index contributed by atoms with van der Waals surface area (Å²) in [5, 5.41) is 7.52. The Labute approximate surface area is 379 Å². The van der Waals surface area contributed by atoms with E-state index in [1.807, 2.05) is 49.8 Å². The van der Waals surface area contributed by atoms with Crippen molar-refractivity contribution < 1.29 is 38.1 Å². The van der Waals surface area contributed by atoms with Crippen LogP contribution in [0.25, 0.3) is 44.2 Å². The Morgan fingerprint density at radius 3 is 2.25 bits per heavy atom. The number of nitrogens with one attached hydrogen (secondary N) is 4. The van der Waals surface area contributed by atoms with Gasteiger partial charge in [0.15, 0.2) is 0 Å². The molecule has 2 fully saturated rings. The first kappa shape index (κ1) is 45.4. The standard InChI is InChI=1S/C49H62N8O8/c1-9-26(4)41(54-48(60)63-7)46(58)56-23-28(24-62-6)18-39(56)45-51-36-16-13-29-20-35-33-15-12-30(19-31(33)25-65-40(35)21-34(29)43(36)53-45)37-22-50-44(52-37)38-17-14-32(11-3)57(38)47(59)42(27(5)10-2)55-49(61)64-8/h12-13,15-16,19-22,26-28,32,38-39,41-42H,9-11,14,17-18,23-25H2,1-8H3,(H,50,52)(H,51,53)(H,54,60)(H,55,61)/t26-,27-,28+,32+,38+,39+,41+,42+/m1/s1. The molecule has 2 saturated heterocycles. The fourth-order valence-corrected chi connectivity index (χ4v) is 10.0. The fourth-order valence-electron chi connectivity index (χ4n) is 10.0. The van der Waals surface area contributed by atoms with Crippen molar-refractivity contribution in [3.63, 3.8) is 0 Å². The van der Waals surface area contributed by atoms with Gasteiger partial charge in [-0.15, -0.1) is 0 Å². The minimum Gasteiger partial charge on any atom is -0.488 e. The van der Waals surface area contributed by atoms with Gasteiger partial charge in [-0.1, -0.05) is 65.7 Å². The summed E-state index contributed by atoms with van der Waals surface area (Å²) in [5.41, 5.74) is 6.54. The lowest BCUT2D eigenvalue weighted by atomic mass is 9.92. The molecule has 3 aliphatic rings. The van der Waals surface area contributed by atoms with Gasteiger partial charge in [-0.2, -0.15) is 0 Å². The van der Waals surface area contributed by atoms with E-state index in [0.29, 0.717) is 38.4 Å². The van der Waals surface area contributed by atoms with Crippen LogP contribution in [0.2, 0.25) is 0 Å². The third-order valence-corrected chi connectivity index (χ3v) is 14.1. The van der Waals surface area contributed by atoms with E-state index in [-0.39, 0.29) is 47.7 Å². The molecule has 5 heterocycles. The molecule has 4 N–H and O–H groups in total. The predicted octanol–water partition coefficient (Wildman–Crippen LogP) is 8.19. The molecule has 5 aromatic rings. The van der Waals surface area contributed by atoms with Gasteiger partial charge in [0.05, 0.1) is 55.8 Å². The second kappa shape index (κ2) is 19.1. The van der Waals surface area contributed by atoms with Gasteiger partial charge in [-0.25, -0.2) is 19.6 Å². The maximum atomic E-state index is 14.2. The minimum absolute atomic E-state index is 0.0306. The molecule has 0 spiro atoms. The Morgan fingerprint density at radius 2 is 1.57 bits per heavy atom. The second-order valence-electron chi connectivity index (χ2n) is 18.0. The lowest BCUT2D eigenvalue weighted by Crippen LogP contribution is -2.53. The Balaban J connectivity index is 1.06. The molecule has 16 nitrogen and oxygen atoms in total. The molecule has 65 heavy (non-hydrogen) atoms. The summed E-state index contributed by atoms with van der Waals surface area (Å²) >= 11 is 0. The summed E-state index contributed by atoms with van der Waals surface area (Å²) in [6.07, 6.45) is 5.05. The van der Waals surface area contributed by atoms with Crippen LogP contribution in [0.1, 0.15) is 102 Å². The molecule has 0 bridgehead atoms. The summed E-state index contributed by atoms with van der Waals surface area (Å²) in [7, 11) is 4.27. The number of fused-ring (bicyclic) bond motifs is 6. The highest BCUT2D eigenvalue weighted by Gasteiger charge is 2.44. The van der Waals surface area contributed by atoms with E-state index in [1.54, 1.807) is 7.11 Å². The molecule has 0 aliphatic carbocycles. The lowest BCUT2D eigenvalue weighted by molar-refractivity contribution is -0.138. The van der Waals surface area contributed by atoms with Crippen LogP contribution < -0.4 is 15.4 Å². The quantitative estimate of drug-likeness (QED) is 0.0845. The van der Waals surface area contributed by atoms with Crippen LogP contribution in [0, 0.1) is 17.8 Å². The SMILES string of the molecule is CC[C@H]1CC[C@@H](c2ncc(-c3ccc4c(c3)COc3cc5c(ccc6[nH]c([C@@H]7C[C@H](COC)CN7C(=O)[C@@H](NC(=O)OC)[C@H](C)CC)nc65)cc3-4)[nH]2)N1C(=O)[C@@H](NC(=O)OC)[C@H](C)CC. The molecule has 0 radical (unpaired) electrons. The Morgan fingerprint density at radius 1 is 0.846 bits per heavy atom. The number of imidazole rings is 2. The summed E-state index contributed by atoms with van der Waals surface area (Å²) in [5.74, 6) is 1.77. The van der Waals surface area contributed by atoms with Crippen LogP contribution in [0.5, 0.6) is 5.75 Å². The molecule has 8 atom stereocenters. The summed E-state index contributed by atoms with van der Waals surface area (Å²) in [6, 6.07) is 12.6. The highest BCUT2D eigenvalue weighted by atomic mass is 16.5. The zero-order valence-corrected chi connectivity index (χ0v) is 38.7. The van der Waals surface area contributed by atoms with Gasteiger partial charge in [0.2, 0.25) is 11.8 Å². The second-order valence-corrected chi connectivity index (χ2v) is 18.0. The predicted molar refractivity (Wildman–Crippen MR) is 246 cm³/mol. The van der Waals surface area contributed by atoms with Crippen LogP contribution >= 0.6 is 0 Å². The Kier molecular flexibility index (Phi) is 13.4. The maximum Gasteiger partial charge on any atom is 0.407 e. The average molecular weight is 891 g/mol. The number of hydrogen-bond acceptors (Lipinski definition) is 10. The van der Waals surface area contributed by atoms with Crippen molar-refractivity contribution in [3.8, 4) is 28.1 Å². The van der Waals surface area contributed by atoms with Crippen LogP contribution in [0.3, 0.4) is 0 Å². The lowest BCUT2D eigenvalue weighted by Gasteiger charge is -2.34. The Hall–Kier alpha value is -6.16. The van der Waals surface area contributed by atoms with Gasteiger partial charge in [-0.3, -0.25) is 9.59 Å². The number of likely N-dealkylation sites (tertiary alicyclic amines) is 2. The molecule has 346 valence electrons. The number of carbonyl (C=O) groups is 4. The number of benzene rings is 3. The third kappa shape index (κ3) is 8.72. The van der Waals surface area contributed by atoms with Crippen molar-refractivity contribution in [1.82, 2.24) is 40.4 Å².